The molecule has 0 fully saturated rings. The van der Waals surface area contributed by atoms with Gasteiger partial charge < -0.3 is 24.4 Å². The molecule has 0 aliphatic rings. The highest BCUT2D eigenvalue weighted by molar-refractivity contribution is 4.65. The van der Waals surface area contributed by atoms with Gasteiger partial charge in [-0.1, -0.05) is 136 Å². The summed E-state index contributed by atoms with van der Waals surface area (Å²) in [7, 11) is 0. The van der Waals surface area contributed by atoms with Crippen LogP contribution in [0.15, 0.2) is 0 Å². The molecule has 0 aliphatic carbocycles. The van der Waals surface area contributed by atoms with Crippen molar-refractivity contribution in [1.82, 2.24) is 0 Å². The minimum atomic E-state index is 0. The molecule has 0 rings (SSSR count). The van der Waals surface area contributed by atoms with E-state index in [4.69, 9.17) is 18.9 Å². The molecule has 0 aromatic heterocycles. The zero-order chi connectivity index (χ0) is 37.0. The van der Waals surface area contributed by atoms with Crippen molar-refractivity contribution >= 4 is 0 Å². The molecule has 0 heterocycles. The Hall–Kier alpha value is -0.200. The first kappa shape index (κ1) is 59.0. The van der Waals surface area contributed by atoms with Crippen LogP contribution in [0.25, 0.3) is 0 Å². The standard InChI is InChI=1S/3C10H22O.C8H18O.C4H10.H2O/c1-9(2)5-7-11-8-6-10(3)4;1-5-10(4)8-11-7-6-9(2)3;1-5-9(3)7-11-8-10(4)6-2;1-6-8(4,5)9-7(2)3;1-3-4-2;/h3*9-10H,5-8H2,1-4H3;7H,6H2,1-5H3;3-4H2,1-2H3;1H2. The Kier molecular flexibility index (Phi) is 55.0. The van der Waals surface area contributed by atoms with Crippen LogP contribution in [0.5, 0.6) is 0 Å². The first-order valence-electron chi connectivity index (χ1n) is 19.8. The zero-order valence-electron chi connectivity index (χ0n) is 36.3. The lowest BCUT2D eigenvalue weighted by molar-refractivity contribution is -0.0573. The molecule has 0 aliphatic heterocycles. The number of unbranched alkanes of at least 4 members (excludes halogenated alkanes) is 1. The predicted octanol–water partition coefficient (Wildman–Crippen LogP) is 12.9. The van der Waals surface area contributed by atoms with Crippen molar-refractivity contribution in [3.63, 3.8) is 0 Å². The van der Waals surface area contributed by atoms with Crippen LogP contribution in [0.4, 0.5) is 0 Å². The molecule has 3 unspecified atom stereocenters. The van der Waals surface area contributed by atoms with Gasteiger partial charge in [0.05, 0.1) is 11.7 Å². The van der Waals surface area contributed by atoms with E-state index in [1.165, 1.54) is 51.4 Å². The summed E-state index contributed by atoms with van der Waals surface area (Å²) < 4.78 is 22.1. The Bertz CT molecular complexity index is 497. The molecular formula is C42H96O5. The van der Waals surface area contributed by atoms with Gasteiger partial charge in [-0.3, -0.25) is 0 Å². The normalized spacial score (nSPS) is 12.8. The van der Waals surface area contributed by atoms with Gasteiger partial charge in [-0.15, -0.1) is 0 Å². The molecule has 0 amide bonds. The van der Waals surface area contributed by atoms with Crippen LogP contribution in [0, 0.1) is 35.5 Å². The van der Waals surface area contributed by atoms with Crippen molar-refractivity contribution < 1.29 is 24.4 Å². The summed E-state index contributed by atoms with van der Waals surface area (Å²) in [5, 5.41) is 0. The second-order valence-electron chi connectivity index (χ2n) is 15.6. The van der Waals surface area contributed by atoms with E-state index in [0.29, 0.717) is 6.10 Å². The van der Waals surface area contributed by atoms with Crippen LogP contribution in [0.3, 0.4) is 0 Å². The van der Waals surface area contributed by atoms with Crippen LogP contribution in [0.1, 0.15) is 189 Å². The Morgan fingerprint density at radius 2 is 0.745 bits per heavy atom. The van der Waals surface area contributed by atoms with Crippen molar-refractivity contribution in [2.75, 3.05) is 39.6 Å². The first-order chi connectivity index (χ1) is 21.4. The minimum Gasteiger partial charge on any atom is -0.412 e. The smallest absolute Gasteiger partial charge is 0.0627 e. The van der Waals surface area contributed by atoms with Crippen LogP contribution in [-0.2, 0) is 18.9 Å². The number of hydrogen-bond donors (Lipinski definition) is 0. The van der Waals surface area contributed by atoms with E-state index >= 15 is 0 Å². The van der Waals surface area contributed by atoms with Gasteiger partial charge in [-0.05, 0) is 88.9 Å². The lowest BCUT2D eigenvalue weighted by atomic mass is 10.1. The Morgan fingerprint density at radius 1 is 0.447 bits per heavy atom. The molecule has 0 spiro atoms. The monoisotopic (exact) mass is 681 g/mol. The number of rotatable bonds is 22. The molecular weight excluding hydrogens is 584 g/mol. The Balaban J connectivity index is -0.000000114. The van der Waals surface area contributed by atoms with Crippen LogP contribution < -0.4 is 0 Å². The van der Waals surface area contributed by atoms with Crippen LogP contribution in [0.2, 0.25) is 0 Å². The SMILES string of the molecule is CC(C)CCOCCC(C)C.CCC(C)(C)OC(C)C.CCC(C)COCC(C)CC.CCC(C)COCCC(C)C.CCCC.O. The summed E-state index contributed by atoms with van der Waals surface area (Å²) in [6.07, 6.45) is 11.3. The molecule has 0 aromatic rings. The third-order valence-corrected chi connectivity index (χ3v) is 7.72. The molecule has 5 heteroatoms. The summed E-state index contributed by atoms with van der Waals surface area (Å²) in [6, 6.07) is 0. The van der Waals surface area contributed by atoms with Crippen molar-refractivity contribution in [2.24, 2.45) is 35.5 Å². The lowest BCUT2D eigenvalue weighted by Crippen LogP contribution is -2.26. The molecule has 3 atom stereocenters. The van der Waals surface area contributed by atoms with Gasteiger partial charge in [0, 0.05) is 39.6 Å². The van der Waals surface area contributed by atoms with E-state index in [-0.39, 0.29) is 11.1 Å². The summed E-state index contributed by atoms with van der Waals surface area (Å²) in [5.74, 6) is 4.48. The molecule has 2 N–H and O–H groups in total. The van der Waals surface area contributed by atoms with Gasteiger partial charge in [-0.25, -0.2) is 0 Å². The lowest BCUT2D eigenvalue weighted by Gasteiger charge is -2.25. The van der Waals surface area contributed by atoms with Crippen LogP contribution in [-0.4, -0.2) is 56.8 Å². The molecule has 294 valence electrons. The number of hydrogen-bond acceptors (Lipinski definition) is 4. The van der Waals surface area contributed by atoms with Crippen molar-refractivity contribution in [1.29, 1.82) is 0 Å². The molecule has 0 saturated carbocycles. The van der Waals surface area contributed by atoms with Gasteiger partial charge in [0.1, 0.15) is 0 Å². The summed E-state index contributed by atoms with van der Waals surface area (Å²) in [4.78, 5) is 0. The molecule has 0 aromatic carbocycles. The van der Waals surface area contributed by atoms with E-state index in [0.717, 1.165) is 81.6 Å². The zero-order valence-corrected chi connectivity index (χ0v) is 36.3. The summed E-state index contributed by atoms with van der Waals surface area (Å²) >= 11 is 0. The van der Waals surface area contributed by atoms with E-state index in [1.807, 2.05) is 0 Å². The highest BCUT2D eigenvalue weighted by Crippen LogP contribution is 2.15. The van der Waals surface area contributed by atoms with Gasteiger partial charge >= 0.3 is 0 Å². The average molecular weight is 681 g/mol. The third kappa shape index (κ3) is 68.6. The second-order valence-corrected chi connectivity index (χ2v) is 15.6. The number of ether oxygens (including phenoxy) is 4. The van der Waals surface area contributed by atoms with Crippen molar-refractivity contribution in [3.05, 3.63) is 0 Å². The highest BCUT2D eigenvalue weighted by atomic mass is 16.5. The van der Waals surface area contributed by atoms with Gasteiger partial charge in [0.25, 0.3) is 0 Å². The fourth-order valence-corrected chi connectivity index (χ4v) is 2.89. The van der Waals surface area contributed by atoms with E-state index in [2.05, 4.69) is 132 Å². The fraction of sp³-hybridized carbons (Fsp3) is 1.00. The van der Waals surface area contributed by atoms with Gasteiger partial charge in [0.2, 0.25) is 0 Å². The van der Waals surface area contributed by atoms with E-state index < -0.39 is 0 Å². The highest BCUT2D eigenvalue weighted by Gasteiger charge is 2.16. The van der Waals surface area contributed by atoms with Crippen molar-refractivity contribution in [2.45, 2.75) is 201 Å². The van der Waals surface area contributed by atoms with Crippen molar-refractivity contribution in [3.8, 4) is 0 Å². The predicted molar refractivity (Wildman–Crippen MR) is 214 cm³/mol. The Morgan fingerprint density at radius 3 is 0.957 bits per heavy atom. The molecule has 0 radical (unpaired) electrons. The fourth-order valence-electron chi connectivity index (χ4n) is 2.89. The molecule has 0 bridgehead atoms. The maximum Gasteiger partial charge on any atom is 0.0627 e. The molecule has 0 saturated heterocycles. The molecule has 47 heavy (non-hydrogen) atoms. The third-order valence-electron chi connectivity index (χ3n) is 7.72. The maximum atomic E-state index is 5.59. The summed E-state index contributed by atoms with van der Waals surface area (Å²) in [5.41, 5.74) is 0.0637. The quantitative estimate of drug-likeness (QED) is 0.107. The minimum absolute atomic E-state index is 0. The second kappa shape index (κ2) is 43.8. The first-order valence-corrected chi connectivity index (χ1v) is 19.8. The van der Waals surface area contributed by atoms with E-state index in [1.54, 1.807) is 0 Å². The maximum absolute atomic E-state index is 5.59. The van der Waals surface area contributed by atoms with Gasteiger partial charge in [-0.2, -0.15) is 0 Å². The van der Waals surface area contributed by atoms with Gasteiger partial charge in [0.15, 0.2) is 0 Å². The Labute approximate surface area is 300 Å². The molecule has 5 nitrogen and oxygen atoms in total. The largest absolute Gasteiger partial charge is 0.412 e. The van der Waals surface area contributed by atoms with E-state index in [9.17, 15) is 0 Å². The topological polar surface area (TPSA) is 68.4 Å². The average Bonchev–Trinajstić information content (AvgIpc) is 2.98. The van der Waals surface area contributed by atoms with Crippen LogP contribution >= 0.6 is 0 Å². The summed E-state index contributed by atoms with van der Waals surface area (Å²) in [6.45, 7) is 47.2.